The Bertz CT molecular complexity index is 772. The van der Waals surface area contributed by atoms with E-state index >= 15 is 0 Å². The number of carbonyl (C=O) groups excluding carboxylic acids is 1. The number of nitrogens with one attached hydrogen (secondary N) is 1. The second-order valence-electron chi connectivity index (χ2n) is 5.42. The number of benzene rings is 1. The summed E-state index contributed by atoms with van der Waals surface area (Å²) >= 11 is 5.85. The van der Waals surface area contributed by atoms with Crippen LogP contribution in [0.25, 0.3) is 0 Å². The third-order valence-corrected chi connectivity index (χ3v) is 4.36. The normalized spacial score (nSPS) is 19.5. The Kier molecular flexibility index (Phi) is 3.12. The van der Waals surface area contributed by atoms with Crippen molar-refractivity contribution in [3.05, 3.63) is 70.7 Å². The molecular weight excluding hydrogens is 298 g/mol. The van der Waals surface area contributed by atoms with Gasteiger partial charge in [0.15, 0.2) is 0 Å². The van der Waals surface area contributed by atoms with Gasteiger partial charge in [0.25, 0.3) is 0 Å². The fourth-order valence-electron chi connectivity index (χ4n) is 2.99. The summed E-state index contributed by atoms with van der Waals surface area (Å²) in [4.78, 5) is 18.5. The summed E-state index contributed by atoms with van der Waals surface area (Å²) in [6, 6.07) is 8.12. The van der Waals surface area contributed by atoms with Gasteiger partial charge < -0.3 is 10.2 Å². The first-order valence-corrected chi connectivity index (χ1v) is 7.73. The summed E-state index contributed by atoms with van der Waals surface area (Å²) in [6.07, 6.45) is 6.03. The fraction of sp³-hybridized carbons (Fsp3) is 0.176. The first-order chi connectivity index (χ1) is 10.8. The van der Waals surface area contributed by atoms with Gasteiger partial charge in [-0.05, 0) is 11.6 Å². The molecule has 1 aromatic rings. The number of amides is 1. The molecule has 0 saturated carbocycles. The van der Waals surface area contributed by atoms with Crippen LogP contribution in [-0.2, 0) is 10.7 Å². The first kappa shape index (κ1) is 13.3. The zero-order valence-corrected chi connectivity index (χ0v) is 12.6. The number of nitrogens with zero attached hydrogens (tertiary/aromatic N) is 2. The molecule has 3 heterocycles. The highest BCUT2D eigenvalue weighted by molar-refractivity contribution is 6.17. The predicted molar refractivity (Wildman–Crippen MR) is 86.3 cm³/mol. The number of aliphatic imine (C=N–C) groups is 1. The molecule has 0 bridgehead atoms. The van der Waals surface area contributed by atoms with Gasteiger partial charge in [-0.2, -0.15) is 0 Å². The lowest BCUT2D eigenvalue weighted by Gasteiger charge is -2.27. The van der Waals surface area contributed by atoms with Crippen molar-refractivity contribution in [2.75, 3.05) is 6.54 Å². The number of allylic oxidation sites excluding steroid dienone is 1. The second-order valence-corrected chi connectivity index (χ2v) is 5.69. The van der Waals surface area contributed by atoms with Crippen LogP contribution >= 0.6 is 11.6 Å². The average Bonchev–Trinajstić information content (AvgIpc) is 2.89. The lowest BCUT2D eigenvalue weighted by Crippen LogP contribution is -2.31. The molecule has 3 aliphatic rings. The molecule has 0 atom stereocenters. The summed E-state index contributed by atoms with van der Waals surface area (Å²) in [7, 11) is 0. The maximum absolute atomic E-state index is 11.7. The lowest BCUT2D eigenvalue weighted by atomic mass is 10.1. The van der Waals surface area contributed by atoms with E-state index in [4.69, 9.17) is 11.6 Å². The van der Waals surface area contributed by atoms with Crippen molar-refractivity contribution in [2.24, 2.45) is 4.99 Å². The number of alkyl halides is 1. The minimum atomic E-state index is -0.0762. The predicted octanol–water partition coefficient (Wildman–Crippen LogP) is 2.67. The van der Waals surface area contributed by atoms with Gasteiger partial charge in [0.2, 0.25) is 5.91 Å². The van der Waals surface area contributed by atoms with Crippen LogP contribution in [0.5, 0.6) is 0 Å². The van der Waals surface area contributed by atoms with Crippen molar-refractivity contribution < 1.29 is 4.79 Å². The molecule has 1 amide bonds. The van der Waals surface area contributed by atoms with Crippen LogP contribution < -0.4 is 5.32 Å². The smallest absolute Gasteiger partial charge is 0.248 e. The molecule has 0 spiro atoms. The summed E-state index contributed by atoms with van der Waals surface area (Å²) < 4.78 is 0. The highest BCUT2D eigenvalue weighted by Gasteiger charge is 2.32. The van der Waals surface area contributed by atoms with Gasteiger partial charge >= 0.3 is 0 Å². The first-order valence-electron chi connectivity index (χ1n) is 7.19. The van der Waals surface area contributed by atoms with Crippen molar-refractivity contribution in [2.45, 2.75) is 12.3 Å². The molecule has 0 unspecified atom stereocenters. The Hall–Kier alpha value is -2.33. The molecule has 1 N–H and O–H groups in total. The van der Waals surface area contributed by atoms with E-state index in [0.717, 1.165) is 46.9 Å². The van der Waals surface area contributed by atoms with Crippen molar-refractivity contribution in [3.8, 4) is 0 Å². The molecule has 110 valence electrons. The zero-order chi connectivity index (χ0) is 15.1. The van der Waals surface area contributed by atoms with Crippen LogP contribution in [0.15, 0.2) is 64.6 Å². The molecular formula is C17H14ClN3O. The van der Waals surface area contributed by atoms with Crippen LogP contribution in [-0.4, -0.2) is 23.2 Å². The molecule has 0 fully saturated rings. The van der Waals surface area contributed by atoms with Gasteiger partial charge in [-0.15, -0.1) is 11.6 Å². The lowest BCUT2D eigenvalue weighted by molar-refractivity contribution is -0.115. The zero-order valence-electron chi connectivity index (χ0n) is 11.8. The number of amidine groups is 1. The third kappa shape index (κ3) is 2.07. The molecule has 0 saturated heterocycles. The van der Waals surface area contributed by atoms with E-state index in [1.807, 2.05) is 36.5 Å². The Morgan fingerprint density at radius 1 is 1.23 bits per heavy atom. The fourth-order valence-corrected chi connectivity index (χ4v) is 3.17. The van der Waals surface area contributed by atoms with E-state index in [0.29, 0.717) is 5.88 Å². The topological polar surface area (TPSA) is 44.7 Å². The van der Waals surface area contributed by atoms with Crippen molar-refractivity contribution in [3.63, 3.8) is 0 Å². The number of rotatable bonds is 2. The number of hydrogen-bond acceptors (Lipinski definition) is 3. The summed E-state index contributed by atoms with van der Waals surface area (Å²) in [5.41, 5.74) is 5.16. The molecule has 4 nitrogen and oxygen atoms in total. The van der Waals surface area contributed by atoms with E-state index in [1.54, 1.807) is 6.08 Å². The van der Waals surface area contributed by atoms with Gasteiger partial charge in [-0.3, -0.25) is 4.79 Å². The van der Waals surface area contributed by atoms with Crippen molar-refractivity contribution in [1.29, 1.82) is 0 Å². The maximum Gasteiger partial charge on any atom is 0.248 e. The third-order valence-electron chi connectivity index (χ3n) is 4.05. The van der Waals surface area contributed by atoms with E-state index in [9.17, 15) is 4.79 Å². The van der Waals surface area contributed by atoms with Crippen LogP contribution in [0, 0.1) is 0 Å². The highest BCUT2D eigenvalue weighted by atomic mass is 35.5. The summed E-state index contributed by atoms with van der Waals surface area (Å²) in [6.45, 7) is 0.826. The molecule has 0 aliphatic carbocycles. The van der Waals surface area contributed by atoms with Gasteiger partial charge in [0, 0.05) is 48.0 Å². The van der Waals surface area contributed by atoms with E-state index < -0.39 is 0 Å². The SMILES string of the molecule is O=C1C=CC2=CN=C(c3ccc(CCl)cc3)N3CCC(=C23)N1. The molecule has 22 heavy (non-hydrogen) atoms. The average molecular weight is 312 g/mol. The molecule has 1 aromatic carbocycles. The van der Waals surface area contributed by atoms with Gasteiger partial charge in [0.1, 0.15) is 5.84 Å². The van der Waals surface area contributed by atoms with Crippen LogP contribution in [0.4, 0.5) is 0 Å². The molecule has 5 heteroatoms. The number of carbonyl (C=O) groups is 1. The molecule has 3 aliphatic heterocycles. The standard InChI is InChI=1S/C17H14ClN3O/c18-9-11-1-3-12(4-2-11)17-19-10-13-5-6-15(22)20-14-7-8-21(17)16(13)14/h1-6,10H,7-9H2,(H,20,22). The van der Waals surface area contributed by atoms with Crippen molar-refractivity contribution >= 4 is 23.3 Å². The maximum atomic E-state index is 11.7. The minimum absolute atomic E-state index is 0.0762. The van der Waals surface area contributed by atoms with E-state index in [2.05, 4.69) is 15.2 Å². The highest BCUT2D eigenvalue weighted by Crippen LogP contribution is 2.34. The molecule has 0 radical (unpaired) electrons. The van der Waals surface area contributed by atoms with Crippen LogP contribution in [0.3, 0.4) is 0 Å². The minimum Gasteiger partial charge on any atom is -0.324 e. The summed E-state index contributed by atoms with van der Waals surface area (Å²) in [5.74, 6) is 1.35. The van der Waals surface area contributed by atoms with E-state index in [-0.39, 0.29) is 5.91 Å². The quantitative estimate of drug-likeness (QED) is 0.854. The van der Waals surface area contributed by atoms with Crippen LogP contribution in [0.2, 0.25) is 0 Å². The Labute approximate surface area is 133 Å². The molecule has 0 aromatic heterocycles. The summed E-state index contributed by atoms with van der Waals surface area (Å²) in [5, 5.41) is 2.96. The number of halogens is 1. The Morgan fingerprint density at radius 3 is 2.82 bits per heavy atom. The van der Waals surface area contributed by atoms with Crippen LogP contribution in [0.1, 0.15) is 17.5 Å². The van der Waals surface area contributed by atoms with E-state index in [1.165, 1.54) is 0 Å². The van der Waals surface area contributed by atoms with Gasteiger partial charge in [-0.25, -0.2) is 4.99 Å². The monoisotopic (exact) mass is 311 g/mol. The number of hydrogen-bond donors (Lipinski definition) is 1. The second kappa shape index (κ2) is 5.14. The van der Waals surface area contributed by atoms with Gasteiger partial charge in [0.05, 0.1) is 5.70 Å². The van der Waals surface area contributed by atoms with Gasteiger partial charge in [-0.1, -0.05) is 24.3 Å². The Balaban J connectivity index is 1.77. The van der Waals surface area contributed by atoms with Crippen molar-refractivity contribution in [1.82, 2.24) is 10.2 Å². The Morgan fingerprint density at radius 2 is 2.05 bits per heavy atom. The molecule has 4 rings (SSSR count). The largest absolute Gasteiger partial charge is 0.324 e.